The van der Waals surface area contributed by atoms with Crippen LogP contribution < -0.4 is 0 Å². The van der Waals surface area contributed by atoms with E-state index in [-0.39, 0.29) is 25.9 Å². The second-order valence-electron chi connectivity index (χ2n) is 19.4. The molecule has 11 nitrogen and oxygen atoms in total. The highest BCUT2D eigenvalue weighted by Crippen LogP contribution is 2.43. The summed E-state index contributed by atoms with van der Waals surface area (Å²) in [5.41, 5.74) is 0. The van der Waals surface area contributed by atoms with Crippen molar-refractivity contribution in [3.05, 3.63) is 85.1 Å². The van der Waals surface area contributed by atoms with Gasteiger partial charge in [-0.25, -0.2) is 4.57 Å². The second kappa shape index (κ2) is 55.9. The molecule has 0 saturated carbocycles. The summed E-state index contributed by atoms with van der Waals surface area (Å²) in [5.74, 6) is -1.51. The zero-order chi connectivity index (χ0) is 54.1. The maximum atomic E-state index is 12.9. The first-order valence-electron chi connectivity index (χ1n) is 29.5. The highest BCUT2D eigenvalue weighted by Gasteiger charge is 2.28. The van der Waals surface area contributed by atoms with E-state index in [2.05, 4.69) is 106 Å². The van der Waals surface area contributed by atoms with Gasteiger partial charge in [-0.05, 0) is 116 Å². The molecule has 426 valence electrons. The molecule has 0 aromatic carbocycles. The molecule has 3 unspecified atom stereocenters. The summed E-state index contributed by atoms with van der Waals surface area (Å²) in [6, 6.07) is 0. The minimum Gasteiger partial charge on any atom is -0.462 e. The first kappa shape index (κ1) is 70.7. The molecule has 0 aromatic heterocycles. The lowest BCUT2D eigenvalue weighted by molar-refractivity contribution is -0.161. The minimum absolute atomic E-state index is 0.146. The van der Waals surface area contributed by atoms with Gasteiger partial charge in [0.25, 0.3) is 0 Å². The van der Waals surface area contributed by atoms with E-state index in [0.717, 1.165) is 148 Å². The van der Waals surface area contributed by atoms with Gasteiger partial charge in [-0.2, -0.15) is 0 Å². The quantitative estimate of drug-likeness (QED) is 0.0197. The number of phosphoric acid groups is 1. The van der Waals surface area contributed by atoms with Gasteiger partial charge in [0.2, 0.25) is 0 Å². The Labute approximate surface area is 451 Å². The molecule has 0 aliphatic carbocycles. The van der Waals surface area contributed by atoms with Crippen molar-refractivity contribution < 1.29 is 52.2 Å². The zero-order valence-electron chi connectivity index (χ0n) is 47.0. The third-order valence-corrected chi connectivity index (χ3v) is 13.2. The number of rotatable bonds is 54. The first-order valence-corrected chi connectivity index (χ1v) is 31.0. The topological polar surface area (TPSA) is 155 Å². The molecule has 0 aromatic rings. The number of carbonyl (C=O) groups is 3. The fraction of sp³-hybridized carbons (Fsp3) is 0.726. The van der Waals surface area contributed by atoms with E-state index in [4.69, 9.17) is 23.3 Å². The van der Waals surface area contributed by atoms with Crippen molar-refractivity contribution >= 4 is 25.7 Å². The van der Waals surface area contributed by atoms with Crippen LogP contribution in [0.15, 0.2) is 85.1 Å². The molecule has 0 saturated heterocycles. The van der Waals surface area contributed by atoms with Crippen LogP contribution >= 0.6 is 7.82 Å². The van der Waals surface area contributed by atoms with Gasteiger partial charge in [0, 0.05) is 19.3 Å². The molecule has 74 heavy (non-hydrogen) atoms. The molecular weight excluding hydrogens is 952 g/mol. The number of esters is 3. The Hall–Kier alpha value is -3.34. The van der Waals surface area contributed by atoms with Crippen molar-refractivity contribution in [3.63, 3.8) is 0 Å². The Bertz CT molecular complexity index is 1560. The van der Waals surface area contributed by atoms with Crippen LogP contribution in [-0.4, -0.2) is 66.5 Å². The first-order chi connectivity index (χ1) is 36.2. The van der Waals surface area contributed by atoms with Gasteiger partial charge < -0.3 is 24.2 Å². The van der Waals surface area contributed by atoms with Gasteiger partial charge in [0.05, 0.1) is 19.8 Å². The minimum atomic E-state index is -4.76. The second-order valence-corrected chi connectivity index (χ2v) is 20.9. The van der Waals surface area contributed by atoms with Crippen LogP contribution in [0.1, 0.15) is 252 Å². The number of unbranched alkanes of at least 4 members (excludes halogenated alkanes) is 23. The average Bonchev–Trinajstić information content (AvgIpc) is 3.39. The Morgan fingerprint density at radius 1 is 0.378 bits per heavy atom. The monoisotopic (exact) mass is 1060 g/mol. The lowest BCUT2D eigenvalue weighted by Crippen LogP contribution is -2.30. The van der Waals surface area contributed by atoms with Gasteiger partial charge in [-0.1, -0.05) is 202 Å². The summed E-state index contributed by atoms with van der Waals surface area (Å²) in [5, 5.41) is 9.81. The Morgan fingerprint density at radius 3 is 1.07 bits per heavy atom. The number of hydrogen-bond donors (Lipinski definition) is 2. The van der Waals surface area contributed by atoms with Gasteiger partial charge in [-0.3, -0.25) is 23.4 Å². The molecule has 0 amide bonds. The third kappa shape index (κ3) is 53.5. The zero-order valence-corrected chi connectivity index (χ0v) is 47.9. The van der Waals surface area contributed by atoms with E-state index in [0.29, 0.717) is 19.3 Å². The maximum absolute atomic E-state index is 12.9. The Morgan fingerprint density at radius 2 is 0.689 bits per heavy atom. The van der Waals surface area contributed by atoms with Crippen molar-refractivity contribution in [1.82, 2.24) is 0 Å². The largest absolute Gasteiger partial charge is 0.472 e. The van der Waals surface area contributed by atoms with Crippen molar-refractivity contribution in [1.29, 1.82) is 0 Å². The summed E-state index contributed by atoms with van der Waals surface area (Å²) >= 11 is 0. The van der Waals surface area contributed by atoms with Crippen LogP contribution in [0.4, 0.5) is 0 Å². The SMILES string of the molecule is CCC/C=C\C/C=C\CCCCCCCC(=O)OC(CO)COP(=O)(O)OCC(COC(=O)CCCCCCC/C=C\C/C=C\CCCCC)OC(=O)CCCCCCCC/C=C\C/C=C\C/C=C\CCCCC. The highest BCUT2D eigenvalue weighted by atomic mass is 31.2. The predicted octanol–water partition coefficient (Wildman–Crippen LogP) is 17.5. The number of aliphatic hydroxyl groups excluding tert-OH is 1. The lowest BCUT2D eigenvalue weighted by atomic mass is 10.1. The molecule has 3 atom stereocenters. The number of carbonyl (C=O) groups excluding carboxylic acids is 3. The van der Waals surface area contributed by atoms with Crippen LogP contribution in [0.25, 0.3) is 0 Å². The molecule has 0 rings (SSSR count). The Balaban J connectivity index is 4.78. The van der Waals surface area contributed by atoms with Crippen LogP contribution in [0.5, 0.6) is 0 Å². The normalized spacial score (nSPS) is 14.0. The van der Waals surface area contributed by atoms with E-state index in [1.54, 1.807) is 0 Å². The lowest BCUT2D eigenvalue weighted by Gasteiger charge is -2.21. The van der Waals surface area contributed by atoms with E-state index >= 15 is 0 Å². The fourth-order valence-corrected chi connectivity index (χ4v) is 8.51. The molecule has 0 heterocycles. The van der Waals surface area contributed by atoms with E-state index in [9.17, 15) is 28.9 Å². The molecule has 0 fully saturated rings. The molecule has 2 N–H and O–H groups in total. The number of allylic oxidation sites excluding steroid dienone is 14. The van der Waals surface area contributed by atoms with Crippen molar-refractivity contribution in [2.45, 2.75) is 264 Å². The molecule has 0 aliphatic heterocycles. The van der Waals surface area contributed by atoms with E-state index in [1.807, 2.05) is 0 Å². The van der Waals surface area contributed by atoms with Crippen LogP contribution in [0, 0.1) is 0 Å². The maximum Gasteiger partial charge on any atom is 0.472 e. The van der Waals surface area contributed by atoms with E-state index < -0.39 is 57.8 Å². The smallest absolute Gasteiger partial charge is 0.462 e. The van der Waals surface area contributed by atoms with Crippen molar-refractivity contribution in [2.75, 3.05) is 26.4 Å². The summed E-state index contributed by atoms with van der Waals surface area (Å²) in [7, 11) is -4.76. The van der Waals surface area contributed by atoms with Crippen LogP contribution in [0.2, 0.25) is 0 Å². The molecule has 0 radical (unpaired) electrons. The number of ether oxygens (including phenoxy) is 3. The summed E-state index contributed by atoms with van der Waals surface area (Å²) < 4.78 is 39.5. The van der Waals surface area contributed by atoms with Gasteiger partial charge in [0.1, 0.15) is 12.7 Å². The molecule has 0 spiro atoms. The van der Waals surface area contributed by atoms with Crippen molar-refractivity contribution in [2.24, 2.45) is 0 Å². The van der Waals surface area contributed by atoms with Crippen LogP contribution in [0.3, 0.4) is 0 Å². The van der Waals surface area contributed by atoms with Gasteiger partial charge in [-0.15, -0.1) is 0 Å². The molecular formula is C62H107O11P. The average molecular weight is 1060 g/mol. The summed E-state index contributed by atoms with van der Waals surface area (Å²) in [4.78, 5) is 48.6. The van der Waals surface area contributed by atoms with Gasteiger partial charge >= 0.3 is 25.7 Å². The molecule has 0 aliphatic rings. The third-order valence-electron chi connectivity index (χ3n) is 12.2. The van der Waals surface area contributed by atoms with Gasteiger partial charge in [0.15, 0.2) is 6.10 Å². The van der Waals surface area contributed by atoms with Crippen LogP contribution in [-0.2, 0) is 42.2 Å². The number of phosphoric ester groups is 1. The standard InChI is InChI=1S/C62H107O11P/c1-4-7-10-13-16-19-22-25-27-28-29-30-32-35-38-41-44-47-50-53-62(66)73-59(55-69-60(64)51-48-45-42-39-36-34-31-26-23-20-17-14-11-8-5-2)57-71-74(67,68)70-56-58(54-63)72-61(65)52-49-46-43-40-37-33-24-21-18-15-12-9-6-3/h12,15-17,19-21,24-27,29-31,58-59,63H,4-11,13-14,18,22-23,28,32-57H2,1-3H3,(H,67,68)/b15-12-,19-16-,20-17-,24-21-,27-25-,30-29-,31-26-. The van der Waals surface area contributed by atoms with E-state index in [1.165, 1.54) is 44.9 Å². The fourth-order valence-electron chi connectivity index (χ4n) is 7.72. The summed E-state index contributed by atoms with van der Waals surface area (Å²) in [6.45, 7) is 4.48. The Kier molecular flexibility index (Phi) is 53.4. The molecule has 0 bridgehead atoms. The predicted molar refractivity (Wildman–Crippen MR) is 307 cm³/mol. The highest BCUT2D eigenvalue weighted by molar-refractivity contribution is 7.47. The van der Waals surface area contributed by atoms with Crippen molar-refractivity contribution in [3.8, 4) is 0 Å². The molecule has 12 heteroatoms. The summed E-state index contributed by atoms with van der Waals surface area (Å²) in [6.07, 6.45) is 63.9. The number of hydrogen-bond acceptors (Lipinski definition) is 10. The number of aliphatic hydroxyl groups is 1.